The quantitative estimate of drug-likeness (QED) is 0.392. The molecule has 0 radical (unpaired) electrons. The van der Waals surface area contributed by atoms with Crippen LogP contribution in [0.1, 0.15) is 81.1 Å². The van der Waals surface area contributed by atoms with E-state index in [4.69, 9.17) is 4.74 Å². The average molecular weight is 348 g/mol. The van der Waals surface area contributed by atoms with Crippen LogP contribution < -0.4 is 0 Å². The maximum Gasteiger partial charge on any atom is 0.166 e. The van der Waals surface area contributed by atoms with Gasteiger partial charge in [-0.1, -0.05) is 44.8 Å². The van der Waals surface area contributed by atoms with Gasteiger partial charge in [0, 0.05) is 11.1 Å². The summed E-state index contributed by atoms with van der Waals surface area (Å²) in [7, 11) is 0. The van der Waals surface area contributed by atoms with Gasteiger partial charge in [0.25, 0.3) is 0 Å². The SMILES string of the molecule is CCCCCC1CCC(/C=C/c2c(C)cc(C3CO3)c(F)c2F)CC1. The van der Waals surface area contributed by atoms with Crippen LogP contribution in [-0.2, 0) is 4.74 Å². The Balaban J connectivity index is 1.59. The van der Waals surface area contributed by atoms with E-state index in [9.17, 15) is 8.78 Å². The summed E-state index contributed by atoms with van der Waals surface area (Å²) in [6.07, 6.45) is 13.9. The van der Waals surface area contributed by atoms with Gasteiger partial charge in [-0.25, -0.2) is 8.78 Å². The highest BCUT2D eigenvalue weighted by Crippen LogP contribution is 2.36. The summed E-state index contributed by atoms with van der Waals surface area (Å²) in [5.41, 5.74) is 1.54. The normalized spacial score (nSPS) is 26.3. The van der Waals surface area contributed by atoms with Crippen LogP contribution in [0.15, 0.2) is 12.1 Å². The van der Waals surface area contributed by atoms with Crippen LogP contribution in [0, 0.1) is 30.4 Å². The molecule has 138 valence electrons. The van der Waals surface area contributed by atoms with E-state index in [0.717, 1.165) is 11.5 Å². The second-order valence-electron chi connectivity index (χ2n) is 7.78. The molecule has 1 aliphatic carbocycles. The number of ether oxygens (including phenoxy) is 1. The molecular formula is C22H30F2O. The fourth-order valence-corrected chi connectivity index (χ4v) is 4.04. The highest BCUT2D eigenvalue weighted by Gasteiger charge is 2.30. The zero-order valence-corrected chi connectivity index (χ0v) is 15.5. The van der Waals surface area contributed by atoms with Crippen LogP contribution >= 0.6 is 0 Å². The van der Waals surface area contributed by atoms with E-state index in [-0.39, 0.29) is 6.10 Å². The van der Waals surface area contributed by atoms with Gasteiger partial charge in [-0.2, -0.15) is 0 Å². The lowest BCUT2D eigenvalue weighted by atomic mass is 9.79. The fraction of sp³-hybridized carbons (Fsp3) is 0.636. The third kappa shape index (κ3) is 4.69. The van der Waals surface area contributed by atoms with E-state index in [1.165, 1.54) is 51.4 Å². The van der Waals surface area contributed by atoms with Crippen LogP contribution in [0.4, 0.5) is 8.78 Å². The second kappa shape index (κ2) is 8.44. The molecule has 1 nitrogen and oxygen atoms in total. The molecule has 0 amide bonds. The predicted octanol–water partition coefficient (Wildman–Crippen LogP) is 6.74. The Labute approximate surface area is 150 Å². The first kappa shape index (κ1) is 18.6. The average Bonchev–Trinajstić information content (AvgIpc) is 3.44. The van der Waals surface area contributed by atoms with E-state index in [1.807, 2.05) is 6.92 Å². The molecule has 3 rings (SSSR count). The highest BCUT2D eigenvalue weighted by atomic mass is 19.2. The number of benzene rings is 1. The molecule has 1 saturated heterocycles. The number of hydrogen-bond acceptors (Lipinski definition) is 1. The minimum atomic E-state index is -0.743. The van der Waals surface area contributed by atoms with Crippen LogP contribution in [0.5, 0.6) is 0 Å². The molecule has 0 aromatic heterocycles. The van der Waals surface area contributed by atoms with Gasteiger partial charge in [0.15, 0.2) is 11.6 Å². The van der Waals surface area contributed by atoms with E-state index in [2.05, 4.69) is 13.0 Å². The Bertz CT molecular complexity index is 611. The number of halogens is 2. The van der Waals surface area contributed by atoms with Crippen molar-refractivity contribution >= 4 is 6.08 Å². The Kier molecular flexibility index (Phi) is 6.27. The summed E-state index contributed by atoms with van der Waals surface area (Å²) < 4.78 is 33.7. The minimum Gasteiger partial charge on any atom is -0.368 e. The third-order valence-corrected chi connectivity index (χ3v) is 5.80. The first-order chi connectivity index (χ1) is 12.1. The van der Waals surface area contributed by atoms with Gasteiger partial charge in [-0.05, 0) is 56.1 Å². The van der Waals surface area contributed by atoms with Gasteiger partial charge in [0.1, 0.15) is 6.10 Å². The summed E-state index contributed by atoms with van der Waals surface area (Å²) in [6.45, 7) is 4.58. The van der Waals surface area contributed by atoms with Gasteiger partial charge >= 0.3 is 0 Å². The minimum absolute atomic E-state index is 0.255. The van der Waals surface area contributed by atoms with E-state index < -0.39 is 11.6 Å². The molecule has 1 unspecified atom stereocenters. The Morgan fingerprint density at radius 2 is 1.84 bits per heavy atom. The number of aryl methyl sites for hydroxylation is 1. The molecule has 1 saturated carbocycles. The largest absolute Gasteiger partial charge is 0.368 e. The number of unbranched alkanes of at least 4 members (excludes halogenated alkanes) is 2. The summed E-state index contributed by atoms with van der Waals surface area (Å²) in [5, 5.41) is 0. The van der Waals surface area contributed by atoms with E-state index in [1.54, 1.807) is 12.1 Å². The van der Waals surface area contributed by atoms with Gasteiger partial charge in [0.05, 0.1) is 6.61 Å². The molecule has 1 aromatic carbocycles. The first-order valence-electron chi connectivity index (χ1n) is 9.88. The van der Waals surface area contributed by atoms with Crippen molar-refractivity contribution in [3.8, 4) is 0 Å². The van der Waals surface area contributed by atoms with Crippen molar-refractivity contribution in [3.63, 3.8) is 0 Å². The van der Waals surface area contributed by atoms with Crippen LogP contribution in [-0.4, -0.2) is 6.61 Å². The predicted molar refractivity (Wildman–Crippen MR) is 98.4 cm³/mol. The van der Waals surface area contributed by atoms with Crippen molar-refractivity contribution in [2.24, 2.45) is 11.8 Å². The van der Waals surface area contributed by atoms with Crippen molar-refractivity contribution < 1.29 is 13.5 Å². The van der Waals surface area contributed by atoms with E-state index >= 15 is 0 Å². The zero-order valence-electron chi connectivity index (χ0n) is 15.5. The molecule has 0 N–H and O–H groups in total. The zero-order chi connectivity index (χ0) is 17.8. The molecule has 0 spiro atoms. The standard InChI is InChI=1S/C22H30F2O/c1-3-4-5-6-16-7-9-17(10-8-16)11-12-18-15(2)13-19(20-14-25-20)22(24)21(18)23/h11-13,16-17,20H,3-10,14H2,1-2H3/b12-11+. The third-order valence-electron chi connectivity index (χ3n) is 5.80. The lowest BCUT2D eigenvalue weighted by Gasteiger charge is -2.26. The van der Waals surface area contributed by atoms with Crippen molar-refractivity contribution in [1.82, 2.24) is 0 Å². The molecule has 1 atom stereocenters. The van der Waals surface area contributed by atoms with Crippen LogP contribution in [0.2, 0.25) is 0 Å². The molecule has 3 heteroatoms. The first-order valence-corrected chi connectivity index (χ1v) is 9.88. The maximum absolute atomic E-state index is 14.4. The molecule has 1 aromatic rings. The van der Waals surface area contributed by atoms with Gasteiger partial charge in [-0.3, -0.25) is 0 Å². The van der Waals surface area contributed by atoms with E-state index in [0.29, 0.717) is 23.7 Å². The smallest absolute Gasteiger partial charge is 0.166 e. The summed E-state index contributed by atoms with van der Waals surface area (Å²) in [4.78, 5) is 0. The maximum atomic E-state index is 14.4. The van der Waals surface area contributed by atoms with Crippen LogP contribution in [0.3, 0.4) is 0 Å². The number of rotatable bonds is 7. The van der Waals surface area contributed by atoms with Crippen molar-refractivity contribution in [1.29, 1.82) is 0 Å². The summed E-state index contributed by atoms with van der Waals surface area (Å²) in [5.74, 6) is -0.108. The Hall–Kier alpha value is -1.22. The molecule has 2 fully saturated rings. The molecule has 2 aliphatic rings. The number of allylic oxidation sites excluding steroid dienone is 1. The number of hydrogen-bond donors (Lipinski definition) is 0. The van der Waals surface area contributed by atoms with Crippen molar-refractivity contribution in [2.45, 2.75) is 71.3 Å². The topological polar surface area (TPSA) is 12.5 Å². The lowest BCUT2D eigenvalue weighted by Crippen LogP contribution is -2.13. The number of epoxide rings is 1. The second-order valence-corrected chi connectivity index (χ2v) is 7.78. The van der Waals surface area contributed by atoms with Gasteiger partial charge in [0.2, 0.25) is 0 Å². The van der Waals surface area contributed by atoms with Crippen molar-refractivity contribution in [2.75, 3.05) is 6.61 Å². The highest BCUT2D eigenvalue weighted by molar-refractivity contribution is 5.56. The van der Waals surface area contributed by atoms with Crippen molar-refractivity contribution in [3.05, 3.63) is 40.5 Å². The molecule has 25 heavy (non-hydrogen) atoms. The summed E-state index contributed by atoms with van der Waals surface area (Å²) in [6, 6.07) is 1.74. The molecule has 1 aliphatic heterocycles. The molecule has 1 heterocycles. The summed E-state index contributed by atoms with van der Waals surface area (Å²) >= 11 is 0. The molecule has 0 bridgehead atoms. The van der Waals surface area contributed by atoms with Gasteiger partial charge in [-0.15, -0.1) is 0 Å². The van der Waals surface area contributed by atoms with Gasteiger partial charge < -0.3 is 4.74 Å². The Morgan fingerprint density at radius 3 is 2.48 bits per heavy atom. The Morgan fingerprint density at radius 1 is 1.12 bits per heavy atom. The fourth-order valence-electron chi connectivity index (χ4n) is 4.04. The lowest BCUT2D eigenvalue weighted by molar-refractivity contribution is 0.290. The monoisotopic (exact) mass is 348 g/mol. The molecular weight excluding hydrogens is 318 g/mol. The van der Waals surface area contributed by atoms with Crippen LogP contribution in [0.25, 0.3) is 6.08 Å².